The Morgan fingerprint density at radius 3 is 3.08 bits per heavy atom. The van der Waals surface area contributed by atoms with Gasteiger partial charge < -0.3 is 9.55 Å². The van der Waals surface area contributed by atoms with E-state index < -0.39 is 0 Å². The third kappa shape index (κ3) is 4.46. The minimum Gasteiger partial charge on any atom is -0.375 e. The topological polar surface area (TPSA) is 12.5 Å². The Bertz CT molecular complexity index is 215. The van der Waals surface area contributed by atoms with E-state index in [1.807, 2.05) is 13.0 Å². The lowest BCUT2D eigenvalue weighted by atomic mass is 10.3. The zero-order valence-electron chi connectivity index (χ0n) is 7.90. The molecule has 0 unspecified atom stereocenters. The molecule has 0 atom stereocenters. The molecule has 0 aromatic carbocycles. The summed E-state index contributed by atoms with van der Waals surface area (Å²) in [6, 6.07) is 4.11. The molecule has 0 saturated heterocycles. The molecule has 0 saturated carbocycles. The monoisotopic (exact) mass is 195 g/mol. The van der Waals surface area contributed by atoms with E-state index in [4.69, 9.17) is 12.7 Å². The maximum atomic E-state index is 5.59. The van der Waals surface area contributed by atoms with Gasteiger partial charge in [0.25, 0.3) is 0 Å². The van der Waals surface area contributed by atoms with Gasteiger partial charge in [0.05, 0.1) is 13.2 Å². The van der Waals surface area contributed by atoms with Gasteiger partial charge in [0, 0.05) is 11.4 Å². The number of hydrogen-bond acceptors (Lipinski definition) is 3. The Balaban J connectivity index is 2.02. The van der Waals surface area contributed by atoms with E-state index >= 15 is 0 Å². The highest BCUT2D eigenvalue weighted by Crippen LogP contribution is 2.09. The molecule has 0 aliphatic heterocycles. The van der Waals surface area contributed by atoms with Gasteiger partial charge in [-0.05, 0) is 18.0 Å². The summed E-state index contributed by atoms with van der Waals surface area (Å²) in [7, 11) is 5.59. The largest absolute Gasteiger partial charge is 0.375 e. The van der Waals surface area contributed by atoms with Gasteiger partial charge in [-0.2, -0.15) is 0 Å². The van der Waals surface area contributed by atoms with Crippen LogP contribution in [0.1, 0.15) is 11.8 Å². The van der Waals surface area contributed by atoms with Gasteiger partial charge in [-0.15, -0.1) is 11.3 Å². The van der Waals surface area contributed by atoms with Gasteiger partial charge >= 0.3 is 0 Å². The summed E-state index contributed by atoms with van der Waals surface area (Å²) in [5.74, 6) is 0. The molecule has 1 rings (SSSR count). The molecule has 0 bridgehead atoms. The second kappa shape index (κ2) is 6.19. The summed E-state index contributed by atoms with van der Waals surface area (Å²) in [6.07, 6.45) is 0. The Morgan fingerprint density at radius 2 is 2.46 bits per heavy atom. The molecule has 1 aromatic rings. The minimum atomic E-state index is 0.697. The van der Waals surface area contributed by atoms with Crippen LogP contribution in [0.3, 0.4) is 0 Å². The molecular weight excluding hydrogens is 181 g/mol. The van der Waals surface area contributed by atoms with Crippen molar-refractivity contribution in [1.29, 1.82) is 0 Å². The number of ether oxygens (including phenoxy) is 1. The molecule has 0 N–H and O–H groups in total. The van der Waals surface area contributed by atoms with E-state index in [0.717, 1.165) is 13.1 Å². The van der Waals surface area contributed by atoms with Gasteiger partial charge in [-0.3, -0.25) is 0 Å². The quantitative estimate of drug-likeness (QED) is 0.505. The average molecular weight is 195 g/mol. The highest BCUT2D eigenvalue weighted by Gasteiger charge is 1.95. The second-order valence-corrected chi connectivity index (χ2v) is 3.79. The van der Waals surface area contributed by atoms with Gasteiger partial charge in [0.15, 0.2) is 7.98 Å². The van der Waals surface area contributed by atoms with Crippen LogP contribution in [-0.4, -0.2) is 32.5 Å². The van der Waals surface area contributed by atoms with E-state index in [1.165, 1.54) is 4.88 Å². The van der Waals surface area contributed by atoms with E-state index in [-0.39, 0.29) is 0 Å². The van der Waals surface area contributed by atoms with Crippen LogP contribution in [0.5, 0.6) is 0 Å². The molecule has 0 aliphatic rings. The fourth-order valence-electron chi connectivity index (χ4n) is 0.907. The van der Waals surface area contributed by atoms with Gasteiger partial charge in [0.1, 0.15) is 0 Å². The lowest BCUT2D eigenvalue weighted by molar-refractivity contribution is 0.113. The van der Waals surface area contributed by atoms with E-state index in [1.54, 1.807) is 16.1 Å². The molecule has 0 amide bonds. The lowest BCUT2D eigenvalue weighted by Crippen LogP contribution is -2.24. The highest BCUT2D eigenvalue weighted by molar-refractivity contribution is 7.09. The normalized spacial score (nSPS) is 10.9. The predicted octanol–water partition coefficient (Wildman–Crippen LogP) is 1.67. The number of thiophene rings is 1. The number of rotatable bonds is 6. The first kappa shape index (κ1) is 10.8. The summed E-state index contributed by atoms with van der Waals surface area (Å²) in [5.41, 5.74) is 0. The molecule has 1 aromatic heterocycles. The average Bonchev–Trinajstić information content (AvgIpc) is 2.64. The third-order valence-electron chi connectivity index (χ3n) is 1.75. The number of hydrogen-bond donors (Lipinski definition) is 0. The fourth-order valence-corrected chi connectivity index (χ4v) is 1.55. The molecule has 1 heterocycles. The summed E-state index contributed by atoms with van der Waals surface area (Å²) >= 11 is 1.72. The second-order valence-electron chi connectivity index (χ2n) is 2.76. The first-order chi connectivity index (χ1) is 6.33. The van der Waals surface area contributed by atoms with Crippen LogP contribution in [-0.2, 0) is 11.3 Å². The van der Waals surface area contributed by atoms with Crippen molar-refractivity contribution in [3.05, 3.63) is 22.4 Å². The van der Waals surface area contributed by atoms with Crippen molar-refractivity contribution in [2.24, 2.45) is 0 Å². The van der Waals surface area contributed by atoms with Crippen LogP contribution in [0.4, 0.5) is 0 Å². The van der Waals surface area contributed by atoms with Crippen molar-refractivity contribution in [1.82, 2.24) is 4.81 Å². The van der Waals surface area contributed by atoms with Crippen molar-refractivity contribution in [3.63, 3.8) is 0 Å². The maximum absolute atomic E-state index is 5.59. The van der Waals surface area contributed by atoms with Crippen LogP contribution in [0.25, 0.3) is 0 Å². The van der Waals surface area contributed by atoms with E-state index in [9.17, 15) is 0 Å². The molecule has 13 heavy (non-hydrogen) atoms. The van der Waals surface area contributed by atoms with Gasteiger partial charge in [-0.25, -0.2) is 0 Å². The smallest absolute Gasteiger partial charge is 0.182 e. The molecule has 0 spiro atoms. The first-order valence-electron chi connectivity index (χ1n) is 4.42. The summed E-state index contributed by atoms with van der Waals surface area (Å²) in [4.78, 5) is 3.01. The Kier molecular flexibility index (Phi) is 5.12. The van der Waals surface area contributed by atoms with E-state index in [2.05, 4.69) is 11.4 Å². The van der Waals surface area contributed by atoms with Crippen molar-refractivity contribution < 1.29 is 4.74 Å². The van der Waals surface area contributed by atoms with Crippen molar-refractivity contribution in [2.75, 3.05) is 19.7 Å². The van der Waals surface area contributed by atoms with Crippen LogP contribution in [0, 0.1) is 0 Å². The predicted molar refractivity (Wildman–Crippen MR) is 57.0 cm³/mol. The maximum Gasteiger partial charge on any atom is 0.182 e. The molecule has 2 radical (unpaired) electrons. The van der Waals surface area contributed by atoms with Crippen LogP contribution < -0.4 is 0 Å². The SMILES string of the molecule is [B]N(CC)CCOCc1cccs1. The molecule has 2 nitrogen and oxygen atoms in total. The van der Waals surface area contributed by atoms with Crippen LogP contribution in [0.2, 0.25) is 0 Å². The van der Waals surface area contributed by atoms with Gasteiger partial charge in [-0.1, -0.05) is 13.0 Å². The van der Waals surface area contributed by atoms with Crippen LogP contribution >= 0.6 is 11.3 Å². The Morgan fingerprint density at radius 1 is 1.62 bits per heavy atom. The van der Waals surface area contributed by atoms with Crippen LogP contribution in [0.15, 0.2) is 17.5 Å². The van der Waals surface area contributed by atoms with Crippen molar-refractivity contribution in [3.8, 4) is 0 Å². The standard InChI is InChI=1S/C9H14BNOS/c1-2-11(10)5-6-12-8-9-4-3-7-13-9/h3-4,7H,2,5-6,8H2,1H3. The van der Waals surface area contributed by atoms with Crippen molar-refractivity contribution >= 4 is 19.3 Å². The summed E-state index contributed by atoms with van der Waals surface area (Å²) in [5, 5.41) is 2.06. The Labute approximate surface area is 84.9 Å². The number of likely N-dealkylation sites (N-methyl/N-ethyl adjacent to an activating group) is 1. The van der Waals surface area contributed by atoms with Crippen molar-refractivity contribution in [2.45, 2.75) is 13.5 Å². The molecular formula is C9H14BNOS. The summed E-state index contributed by atoms with van der Waals surface area (Å²) < 4.78 is 5.44. The van der Waals surface area contributed by atoms with E-state index in [0.29, 0.717) is 13.2 Å². The van der Waals surface area contributed by atoms with Gasteiger partial charge in [0.2, 0.25) is 0 Å². The third-order valence-corrected chi connectivity index (χ3v) is 2.60. The fraction of sp³-hybridized carbons (Fsp3) is 0.556. The summed E-state index contributed by atoms with van der Waals surface area (Å²) in [6.45, 7) is 5.08. The molecule has 4 heteroatoms. The number of nitrogens with zero attached hydrogens (tertiary/aromatic N) is 1. The molecule has 0 fully saturated rings. The lowest BCUT2D eigenvalue weighted by Gasteiger charge is -2.13. The molecule has 0 aliphatic carbocycles. The minimum absolute atomic E-state index is 0.697. The Hall–Kier alpha value is -0.315. The first-order valence-corrected chi connectivity index (χ1v) is 5.30. The molecule has 70 valence electrons. The highest BCUT2D eigenvalue weighted by atomic mass is 32.1. The zero-order chi connectivity index (χ0) is 9.52. The zero-order valence-corrected chi connectivity index (χ0v) is 8.72.